The first-order valence-electron chi connectivity index (χ1n) is 7.41. The smallest absolute Gasteiger partial charge is 0.318 e. The Morgan fingerprint density at radius 3 is 2.86 bits per heavy atom. The van der Waals surface area contributed by atoms with Gasteiger partial charge in [-0.1, -0.05) is 6.92 Å². The highest BCUT2D eigenvalue weighted by Crippen LogP contribution is 2.20. The molecule has 1 fully saturated rings. The molecule has 0 radical (unpaired) electrons. The van der Waals surface area contributed by atoms with Crippen molar-refractivity contribution in [2.24, 2.45) is 5.92 Å². The average molecular weight is 310 g/mol. The number of aliphatic carboxylic acids is 1. The van der Waals surface area contributed by atoms with Gasteiger partial charge in [-0.3, -0.25) is 4.79 Å². The van der Waals surface area contributed by atoms with E-state index in [0.717, 1.165) is 12.2 Å². The minimum atomic E-state index is -0.859. The van der Waals surface area contributed by atoms with E-state index >= 15 is 0 Å². The van der Waals surface area contributed by atoms with Crippen molar-refractivity contribution in [1.82, 2.24) is 10.2 Å². The van der Waals surface area contributed by atoms with Gasteiger partial charge in [0.05, 0.1) is 12.5 Å². The first kappa shape index (κ1) is 16.4. The number of nitrogens with zero attached hydrogens (tertiary/aromatic N) is 1. The zero-order valence-corrected chi connectivity index (χ0v) is 12.9. The first-order chi connectivity index (χ1) is 10.5. The number of amides is 2. The van der Waals surface area contributed by atoms with Crippen molar-refractivity contribution in [3.05, 3.63) is 23.7 Å². The molecule has 0 aromatic carbocycles. The molecule has 1 aliphatic heterocycles. The fourth-order valence-corrected chi connectivity index (χ4v) is 2.52. The Bertz CT molecular complexity index is 528. The lowest BCUT2D eigenvalue weighted by Gasteiger charge is -2.21. The lowest BCUT2D eigenvalue weighted by molar-refractivity contribution is -0.141. The van der Waals surface area contributed by atoms with Gasteiger partial charge in [0.1, 0.15) is 17.6 Å². The second kappa shape index (κ2) is 7.31. The molecule has 2 heterocycles. The van der Waals surface area contributed by atoms with Crippen LogP contribution in [0.1, 0.15) is 30.9 Å². The number of urea groups is 1. The molecule has 1 aromatic heterocycles. The molecule has 0 spiro atoms. The van der Waals surface area contributed by atoms with Crippen molar-refractivity contribution in [2.45, 2.75) is 25.8 Å². The number of carboxylic acid groups (broad SMARTS) is 1. The van der Waals surface area contributed by atoms with Crippen molar-refractivity contribution in [1.29, 1.82) is 0 Å². The van der Waals surface area contributed by atoms with Crippen LogP contribution in [-0.4, -0.2) is 48.8 Å². The van der Waals surface area contributed by atoms with Crippen LogP contribution in [0, 0.1) is 5.92 Å². The van der Waals surface area contributed by atoms with E-state index in [4.69, 9.17) is 14.3 Å². The summed E-state index contributed by atoms with van der Waals surface area (Å²) in [5, 5.41) is 11.8. The molecule has 7 heteroatoms. The minimum absolute atomic E-state index is 0.235. The highest BCUT2D eigenvalue weighted by atomic mass is 16.5. The van der Waals surface area contributed by atoms with Gasteiger partial charge >= 0.3 is 12.0 Å². The predicted molar refractivity (Wildman–Crippen MR) is 78.6 cm³/mol. The number of carboxylic acids is 1. The second-order valence-corrected chi connectivity index (χ2v) is 5.38. The SMILES string of the molecule is CCc1ccc(C(COC)NC(=O)N2CCC(C(=O)O)C2)o1. The zero-order valence-electron chi connectivity index (χ0n) is 12.9. The van der Waals surface area contributed by atoms with Crippen molar-refractivity contribution >= 4 is 12.0 Å². The number of aryl methyl sites for hydroxylation is 1. The van der Waals surface area contributed by atoms with Crippen molar-refractivity contribution in [3.63, 3.8) is 0 Å². The Labute approximate surface area is 129 Å². The fourth-order valence-electron chi connectivity index (χ4n) is 2.52. The molecule has 1 aliphatic rings. The summed E-state index contributed by atoms with van der Waals surface area (Å²) in [5.41, 5.74) is 0. The molecule has 7 nitrogen and oxygen atoms in total. The summed E-state index contributed by atoms with van der Waals surface area (Å²) in [5.74, 6) is 0.141. The van der Waals surface area contributed by atoms with Crippen molar-refractivity contribution < 1.29 is 23.8 Å². The summed E-state index contributed by atoms with van der Waals surface area (Å²) in [6.07, 6.45) is 1.26. The molecule has 2 unspecified atom stereocenters. The van der Waals surface area contributed by atoms with Gasteiger partial charge in [0.2, 0.25) is 0 Å². The van der Waals surface area contributed by atoms with Crippen molar-refractivity contribution in [2.75, 3.05) is 26.8 Å². The van der Waals surface area contributed by atoms with Crippen LogP contribution < -0.4 is 5.32 Å². The number of methoxy groups -OCH3 is 1. The highest BCUT2D eigenvalue weighted by Gasteiger charge is 2.32. The lowest BCUT2D eigenvalue weighted by atomic mass is 10.1. The number of carbonyl (C=O) groups is 2. The van der Waals surface area contributed by atoms with E-state index in [1.165, 1.54) is 4.90 Å². The van der Waals surface area contributed by atoms with E-state index in [1.54, 1.807) is 7.11 Å². The minimum Gasteiger partial charge on any atom is -0.481 e. The maximum atomic E-state index is 12.3. The highest BCUT2D eigenvalue weighted by molar-refractivity contribution is 5.77. The Hall–Kier alpha value is -2.02. The molecule has 2 N–H and O–H groups in total. The molecular formula is C15H22N2O5. The Kier molecular flexibility index (Phi) is 5.43. The molecule has 1 aromatic rings. The van der Waals surface area contributed by atoms with Crippen molar-refractivity contribution in [3.8, 4) is 0 Å². The molecule has 122 valence electrons. The lowest BCUT2D eigenvalue weighted by Crippen LogP contribution is -2.41. The third-order valence-electron chi connectivity index (χ3n) is 3.83. The van der Waals surface area contributed by atoms with E-state index in [9.17, 15) is 9.59 Å². The number of likely N-dealkylation sites (tertiary alicyclic amines) is 1. The Morgan fingerprint density at radius 2 is 2.32 bits per heavy atom. The average Bonchev–Trinajstić information content (AvgIpc) is 3.16. The van der Waals surface area contributed by atoms with Gasteiger partial charge in [-0.15, -0.1) is 0 Å². The number of hydrogen-bond donors (Lipinski definition) is 2. The third-order valence-corrected chi connectivity index (χ3v) is 3.83. The molecule has 0 bridgehead atoms. The first-order valence-corrected chi connectivity index (χ1v) is 7.41. The molecular weight excluding hydrogens is 288 g/mol. The van der Waals surface area contributed by atoms with E-state index in [0.29, 0.717) is 25.3 Å². The van der Waals surface area contributed by atoms with Gasteiger partial charge in [-0.05, 0) is 18.6 Å². The maximum absolute atomic E-state index is 12.3. The number of ether oxygens (including phenoxy) is 1. The van der Waals surface area contributed by atoms with Gasteiger partial charge in [-0.25, -0.2) is 4.79 Å². The molecule has 0 saturated carbocycles. The summed E-state index contributed by atoms with van der Waals surface area (Å²) in [6.45, 7) is 2.96. The van der Waals surface area contributed by atoms with E-state index in [1.807, 2.05) is 19.1 Å². The molecule has 1 saturated heterocycles. The monoisotopic (exact) mass is 310 g/mol. The second-order valence-electron chi connectivity index (χ2n) is 5.38. The molecule has 2 amide bonds. The normalized spacial score (nSPS) is 19.2. The molecule has 0 aliphatic carbocycles. The summed E-state index contributed by atoms with van der Waals surface area (Å²) < 4.78 is 10.8. The quantitative estimate of drug-likeness (QED) is 0.833. The van der Waals surface area contributed by atoms with E-state index in [-0.39, 0.29) is 18.6 Å². The predicted octanol–water partition coefficient (Wildman–Crippen LogP) is 1.65. The number of carbonyl (C=O) groups excluding carboxylic acids is 1. The summed E-state index contributed by atoms with van der Waals surface area (Å²) in [4.78, 5) is 24.8. The van der Waals surface area contributed by atoms with Gasteiger partial charge in [0, 0.05) is 26.6 Å². The van der Waals surface area contributed by atoms with Gasteiger partial charge in [-0.2, -0.15) is 0 Å². The summed E-state index contributed by atoms with van der Waals surface area (Å²) >= 11 is 0. The summed E-state index contributed by atoms with van der Waals surface area (Å²) in [6, 6.07) is 3.02. The van der Waals surface area contributed by atoms with Crippen LogP contribution in [-0.2, 0) is 16.0 Å². The van der Waals surface area contributed by atoms with Crippen LogP contribution in [0.3, 0.4) is 0 Å². The number of nitrogens with one attached hydrogen (secondary N) is 1. The molecule has 2 atom stereocenters. The Balaban J connectivity index is 1.98. The van der Waals surface area contributed by atoms with Gasteiger partial charge < -0.3 is 24.5 Å². The topological polar surface area (TPSA) is 92.0 Å². The number of furan rings is 1. The van der Waals surface area contributed by atoms with E-state index < -0.39 is 11.9 Å². The fraction of sp³-hybridized carbons (Fsp3) is 0.600. The third kappa shape index (κ3) is 3.79. The Morgan fingerprint density at radius 1 is 1.55 bits per heavy atom. The summed E-state index contributed by atoms with van der Waals surface area (Å²) in [7, 11) is 1.55. The van der Waals surface area contributed by atoms with Crippen LogP contribution in [0.2, 0.25) is 0 Å². The standard InChI is InChI=1S/C15H22N2O5/c1-3-11-4-5-13(22-11)12(9-21-2)16-15(20)17-7-6-10(8-17)14(18)19/h4-5,10,12H,3,6-9H2,1-2H3,(H,16,20)(H,18,19). The van der Waals surface area contributed by atoms with Gasteiger partial charge in [0.25, 0.3) is 0 Å². The van der Waals surface area contributed by atoms with Crippen LogP contribution in [0.15, 0.2) is 16.5 Å². The van der Waals surface area contributed by atoms with Crippen LogP contribution >= 0.6 is 0 Å². The number of rotatable bonds is 6. The maximum Gasteiger partial charge on any atom is 0.318 e. The zero-order chi connectivity index (χ0) is 16.1. The van der Waals surface area contributed by atoms with Gasteiger partial charge in [0.15, 0.2) is 0 Å². The van der Waals surface area contributed by atoms with Crippen LogP contribution in [0.5, 0.6) is 0 Å². The van der Waals surface area contributed by atoms with E-state index in [2.05, 4.69) is 5.32 Å². The molecule has 22 heavy (non-hydrogen) atoms. The molecule has 2 rings (SSSR count). The van der Waals surface area contributed by atoms with Crippen LogP contribution in [0.25, 0.3) is 0 Å². The number of hydrogen-bond acceptors (Lipinski definition) is 4. The van der Waals surface area contributed by atoms with Crippen LogP contribution in [0.4, 0.5) is 4.79 Å². The largest absolute Gasteiger partial charge is 0.481 e.